The first-order chi connectivity index (χ1) is 4.57. The predicted molar refractivity (Wildman–Crippen MR) is 40.7 cm³/mol. The molecule has 0 aromatic carbocycles. The van der Waals surface area contributed by atoms with E-state index in [1.807, 2.05) is 0 Å². The van der Waals surface area contributed by atoms with Gasteiger partial charge >= 0.3 is 5.97 Å². The lowest BCUT2D eigenvalue weighted by Crippen LogP contribution is -1.98. The Hall–Kier alpha value is -1.31. The Morgan fingerprint density at radius 2 is 2.00 bits per heavy atom. The molecule has 0 fully saturated rings. The summed E-state index contributed by atoms with van der Waals surface area (Å²) in [5, 5.41) is 8.35. The van der Waals surface area contributed by atoms with Crippen molar-refractivity contribution in [3.63, 3.8) is 0 Å². The van der Waals surface area contributed by atoms with Crippen LogP contribution in [-0.4, -0.2) is 11.1 Å². The molecule has 0 aliphatic carbocycles. The van der Waals surface area contributed by atoms with Crippen LogP contribution < -0.4 is 0 Å². The van der Waals surface area contributed by atoms with Crippen molar-refractivity contribution in [2.75, 3.05) is 0 Å². The molecular formula is C8H10O2. The van der Waals surface area contributed by atoms with Gasteiger partial charge in [0.2, 0.25) is 0 Å². The summed E-state index contributed by atoms with van der Waals surface area (Å²) in [5.41, 5.74) is 0.817. The third-order valence-corrected chi connectivity index (χ3v) is 1.03. The van der Waals surface area contributed by atoms with Gasteiger partial charge in [-0.05, 0) is 0 Å². The molecule has 54 valence electrons. The summed E-state index contributed by atoms with van der Waals surface area (Å²) < 4.78 is 0. The van der Waals surface area contributed by atoms with E-state index in [2.05, 4.69) is 19.7 Å². The van der Waals surface area contributed by atoms with Crippen molar-refractivity contribution >= 4 is 5.97 Å². The van der Waals surface area contributed by atoms with Gasteiger partial charge in [-0.3, -0.25) is 0 Å². The number of carboxylic acids is 1. The summed E-state index contributed by atoms with van der Waals surface area (Å²) in [4.78, 5) is 10.2. The quantitative estimate of drug-likeness (QED) is 0.474. The second-order valence-electron chi connectivity index (χ2n) is 1.95. The molecule has 0 atom stereocenters. The molecule has 2 nitrogen and oxygen atoms in total. The van der Waals surface area contributed by atoms with E-state index in [0.717, 1.165) is 0 Å². The SMILES string of the molecule is C=CC(=C)CC(=C)C(=O)O. The number of hydrogen-bond acceptors (Lipinski definition) is 1. The monoisotopic (exact) mass is 138 g/mol. The highest BCUT2D eigenvalue weighted by Gasteiger charge is 2.02. The topological polar surface area (TPSA) is 37.3 Å². The Bertz CT molecular complexity index is 189. The molecule has 0 aliphatic heterocycles. The normalized spacial score (nSPS) is 8.40. The van der Waals surface area contributed by atoms with Gasteiger partial charge in [0.05, 0.1) is 0 Å². The molecule has 0 rings (SSSR count). The van der Waals surface area contributed by atoms with Crippen LogP contribution in [0.3, 0.4) is 0 Å². The summed E-state index contributed by atoms with van der Waals surface area (Å²) in [6.45, 7) is 10.3. The number of carboxylic acid groups (broad SMARTS) is 1. The minimum Gasteiger partial charge on any atom is -0.478 e. The molecular weight excluding hydrogens is 128 g/mol. The largest absolute Gasteiger partial charge is 0.478 e. The summed E-state index contributed by atoms with van der Waals surface area (Å²) in [6, 6.07) is 0. The zero-order chi connectivity index (χ0) is 8.15. The molecule has 0 heterocycles. The van der Waals surface area contributed by atoms with Crippen molar-refractivity contribution in [3.05, 3.63) is 37.0 Å². The highest BCUT2D eigenvalue weighted by atomic mass is 16.4. The smallest absolute Gasteiger partial charge is 0.331 e. The zero-order valence-electron chi connectivity index (χ0n) is 5.76. The number of hydrogen-bond donors (Lipinski definition) is 1. The standard InChI is InChI=1S/C8H10O2/c1-4-6(2)5-7(3)8(9)10/h4H,1-3,5H2,(H,9,10). The Kier molecular flexibility index (Phi) is 3.19. The van der Waals surface area contributed by atoms with E-state index in [1.54, 1.807) is 0 Å². The molecule has 0 aromatic heterocycles. The van der Waals surface area contributed by atoms with Crippen LogP contribution in [0, 0.1) is 0 Å². The molecule has 2 heteroatoms. The van der Waals surface area contributed by atoms with Gasteiger partial charge in [0.25, 0.3) is 0 Å². The molecule has 0 amide bonds. The van der Waals surface area contributed by atoms with Crippen molar-refractivity contribution in [1.82, 2.24) is 0 Å². The minimum atomic E-state index is -0.983. The van der Waals surface area contributed by atoms with Crippen molar-refractivity contribution in [2.45, 2.75) is 6.42 Å². The fourth-order valence-corrected chi connectivity index (χ4v) is 0.422. The zero-order valence-corrected chi connectivity index (χ0v) is 5.76. The number of aliphatic carboxylic acids is 1. The molecule has 0 aromatic rings. The van der Waals surface area contributed by atoms with Gasteiger partial charge in [0, 0.05) is 12.0 Å². The maximum atomic E-state index is 10.2. The van der Waals surface area contributed by atoms with Crippen molar-refractivity contribution in [2.24, 2.45) is 0 Å². The van der Waals surface area contributed by atoms with E-state index in [-0.39, 0.29) is 5.57 Å². The average Bonchev–Trinajstić information content (AvgIpc) is 1.87. The molecule has 10 heavy (non-hydrogen) atoms. The first-order valence-electron chi connectivity index (χ1n) is 2.79. The molecule has 0 unspecified atom stereocenters. The maximum absolute atomic E-state index is 10.2. The van der Waals surface area contributed by atoms with Crippen LogP contribution in [-0.2, 0) is 4.79 Å². The fourth-order valence-electron chi connectivity index (χ4n) is 0.422. The van der Waals surface area contributed by atoms with Crippen LogP contribution in [0.15, 0.2) is 37.0 Å². The third-order valence-electron chi connectivity index (χ3n) is 1.03. The third kappa shape index (κ3) is 2.87. The van der Waals surface area contributed by atoms with Crippen LogP contribution in [0.25, 0.3) is 0 Å². The Morgan fingerprint density at radius 3 is 2.30 bits per heavy atom. The van der Waals surface area contributed by atoms with Crippen LogP contribution in [0.2, 0.25) is 0 Å². The van der Waals surface area contributed by atoms with Crippen LogP contribution in [0.4, 0.5) is 0 Å². The minimum absolute atomic E-state index is 0.143. The summed E-state index contributed by atoms with van der Waals surface area (Å²) in [6.07, 6.45) is 1.81. The van der Waals surface area contributed by atoms with Gasteiger partial charge in [-0.15, -0.1) is 0 Å². The van der Waals surface area contributed by atoms with Crippen LogP contribution in [0.1, 0.15) is 6.42 Å². The second-order valence-corrected chi connectivity index (χ2v) is 1.95. The second kappa shape index (κ2) is 3.67. The fraction of sp³-hybridized carbons (Fsp3) is 0.125. The lowest BCUT2D eigenvalue weighted by molar-refractivity contribution is -0.132. The van der Waals surface area contributed by atoms with Gasteiger partial charge in [0.1, 0.15) is 0 Å². The molecule has 1 N–H and O–H groups in total. The van der Waals surface area contributed by atoms with Gasteiger partial charge in [-0.25, -0.2) is 4.79 Å². The predicted octanol–water partition coefficient (Wildman–Crippen LogP) is 1.76. The van der Waals surface area contributed by atoms with E-state index >= 15 is 0 Å². The first-order valence-corrected chi connectivity index (χ1v) is 2.79. The highest BCUT2D eigenvalue weighted by Crippen LogP contribution is 2.07. The maximum Gasteiger partial charge on any atom is 0.331 e. The highest BCUT2D eigenvalue weighted by molar-refractivity contribution is 5.86. The van der Waals surface area contributed by atoms with Gasteiger partial charge in [-0.2, -0.15) is 0 Å². The van der Waals surface area contributed by atoms with Gasteiger partial charge in [0.15, 0.2) is 0 Å². The summed E-state index contributed by atoms with van der Waals surface area (Å²) >= 11 is 0. The van der Waals surface area contributed by atoms with Crippen molar-refractivity contribution < 1.29 is 9.90 Å². The molecule has 0 bridgehead atoms. The molecule has 0 saturated heterocycles. The molecule has 0 aliphatic rings. The lowest BCUT2D eigenvalue weighted by atomic mass is 10.1. The van der Waals surface area contributed by atoms with Gasteiger partial charge in [-0.1, -0.05) is 31.4 Å². The summed E-state index contributed by atoms with van der Waals surface area (Å²) in [7, 11) is 0. The Labute approximate surface area is 60.2 Å². The Morgan fingerprint density at radius 1 is 1.50 bits per heavy atom. The molecule has 0 radical (unpaired) electrons. The molecule has 0 spiro atoms. The van der Waals surface area contributed by atoms with Gasteiger partial charge < -0.3 is 5.11 Å². The number of allylic oxidation sites excluding steroid dienone is 2. The lowest BCUT2D eigenvalue weighted by Gasteiger charge is -1.97. The van der Waals surface area contributed by atoms with E-state index in [9.17, 15) is 4.79 Å². The average molecular weight is 138 g/mol. The van der Waals surface area contributed by atoms with E-state index in [1.165, 1.54) is 6.08 Å². The van der Waals surface area contributed by atoms with Crippen LogP contribution in [0.5, 0.6) is 0 Å². The molecule has 0 saturated carbocycles. The van der Waals surface area contributed by atoms with E-state index in [0.29, 0.717) is 12.0 Å². The van der Waals surface area contributed by atoms with Crippen molar-refractivity contribution in [1.29, 1.82) is 0 Å². The number of carbonyl (C=O) groups is 1. The summed E-state index contributed by atoms with van der Waals surface area (Å²) in [5.74, 6) is -0.983. The van der Waals surface area contributed by atoms with E-state index in [4.69, 9.17) is 5.11 Å². The van der Waals surface area contributed by atoms with Crippen LogP contribution >= 0.6 is 0 Å². The Balaban J connectivity index is 3.92. The first kappa shape index (κ1) is 8.69. The van der Waals surface area contributed by atoms with Crippen molar-refractivity contribution in [3.8, 4) is 0 Å². The number of rotatable bonds is 4. The van der Waals surface area contributed by atoms with E-state index < -0.39 is 5.97 Å².